The monoisotopic (exact) mass is 243 g/mol. The molecule has 1 rings (SSSR count). The van der Waals surface area contributed by atoms with Crippen LogP contribution in [0.5, 0.6) is 0 Å². The molecule has 0 unspecified atom stereocenters. The van der Waals surface area contributed by atoms with Gasteiger partial charge in [-0.2, -0.15) is 0 Å². The fourth-order valence-corrected chi connectivity index (χ4v) is 1.55. The zero-order valence-corrected chi connectivity index (χ0v) is 8.37. The van der Waals surface area contributed by atoms with E-state index in [-0.39, 0.29) is 11.5 Å². The van der Waals surface area contributed by atoms with Crippen molar-refractivity contribution < 1.29 is 9.72 Å². The highest BCUT2D eigenvalue weighted by Crippen LogP contribution is 2.22. The Bertz CT molecular complexity index is 376. The van der Waals surface area contributed by atoms with Gasteiger partial charge in [0.05, 0.1) is 4.92 Å². The van der Waals surface area contributed by atoms with Gasteiger partial charge in [0, 0.05) is 22.2 Å². The van der Waals surface area contributed by atoms with Crippen molar-refractivity contribution >= 4 is 27.4 Å². The van der Waals surface area contributed by atoms with Crippen LogP contribution < -0.4 is 0 Å². The lowest BCUT2D eigenvalue weighted by atomic mass is 10.1. The number of Topliss-reactive ketones (excluding diaryl/α,β-unsaturated/α-hetero) is 1. The Morgan fingerprint density at radius 3 is 2.54 bits per heavy atom. The number of carbonyl (C=O) groups excluding carboxylic acids is 1. The molecule has 0 atom stereocenters. The summed E-state index contributed by atoms with van der Waals surface area (Å²) in [7, 11) is 0. The first kappa shape index (κ1) is 9.85. The Balaban J connectivity index is 3.20. The predicted octanol–water partition coefficient (Wildman–Crippen LogP) is 2.56. The van der Waals surface area contributed by atoms with Gasteiger partial charge < -0.3 is 0 Å². The van der Waals surface area contributed by atoms with Crippen molar-refractivity contribution in [2.24, 2.45) is 0 Å². The van der Waals surface area contributed by atoms with E-state index in [1.807, 2.05) is 0 Å². The topological polar surface area (TPSA) is 60.2 Å². The number of nitro groups is 1. The van der Waals surface area contributed by atoms with Crippen molar-refractivity contribution in [2.75, 3.05) is 0 Å². The average molecular weight is 244 g/mol. The lowest BCUT2D eigenvalue weighted by molar-refractivity contribution is -0.384. The summed E-state index contributed by atoms with van der Waals surface area (Å²) < 4.78 is 0.453. The number of non-ortho nitro benzene ring substituents is 1. The second-order valence-corrected chi connectivity index (χ2v) is 3.33. The first-order chi connectivity index (χ1) is 6.02. The molecule has 0 heterocycles. The summed E-state index contributed by atoms with van der Waals surface area (Å²) in [6, 6.07) is 4.06. The molecule has 4 nitrogen and oxygen atoms in total. The standard InChI is InChI=1S/C8H6BrNO3/c1-5(11)7-3-2-6(10(12)13)4-8(7)9/h2-4H,1H3. The van der Waals surface area contributed by atoms with Crippen molar-refractivity contribution in [3.63, 3.8) is 0 Å². The minimum Gasteiger partial charge on any atom is -0.294 e. The van der Waals surface area contributed by atoms with Crippen molar-refractivity contribution in [1.82, 2.24) is 0 Å². The van der Waals surface area contributed by atoms with Crippen LogP contribution in [0.4, 0.5) is 5.69 Å². The number of benzene rings is 1. The summed E-state index contributed by atoms with van der Waals surface area (Å²) in [5.41, 5.74) is 0.419. The van der Waals surface area contributed by atoms with Crippen molar-refractivity contribution in [3.8, 4) is 0 Å². The molecular weight excluding hydrogens is 238 g/mol. The smallest absolute Gasteiger partial charge is 0.270 e. The van der Waals surface area contributed by atoms with Gasteiger partial charge in [-0.15, -0.1) is 0 Å². The van der Waals surface area contributed by atoms with E-state index in [1.165, 1.54) is 25.1 Å². The van der Waals surface area contributed by atoms with Gasteiger partial charge in [0.15, 0.2) is 5.78 Å². The highest BCUT2D eigenvalue weighted by molar-refractivity contribution is 9.10. The highest BCUT2D eigenvalue weighted by Gasteiger charge is 2.10. The minimum absolute atomic E-state index is 0.0307. The molecule has 0 aliphatic carbocycles. The Morgan fingerprint density at radius 1 is 1.54 bits per heavy atom. The Labute approximate surface area is 82.8 Å². The maximum Gasteiger partial charge on any atom is 0.270 e. The number of rotatable bonds is 2. The normalized spacial score (nSPS) is 9.69. The van der Waals surface area contributed by atoms with Crippen LogP contribution >= 0.6 is 15.9 Å². The highest BCUT2D eigenvalue weighted by atomic mass is 79.9. The third kappa shape index (κ3) is 2.12. The Hall–Kier alpha value is -1.23. The SMILES string of the molecule is CC(=O)c1ccc([N+](=O)[O-])cc1Br. The quantitative estimate of drug-likeness (QED) is 0.456. The summed E-state index contributed by atoms with van der Waals surface area (Å²) in [4.78, 5) is 20.8. The van der Waals surface area contributed by atoms with E-state index in [0.717, 1.165) is 0 Å². The largest absolute Gasteiger partial charge is 0.294 e. The lowest BCUT2D eigenvalue weighted by Gasteiger charge is -1.98. The summed E-state index contributed by atoms with van der Waals surface area (Å²) >= 11 is 3.09. The van der Waals surface area contributed by atoms with Crippen molar-refractivity contribution in [3.05, 3.63) is 38.3 Å². The van der Waals surface area contributed by atoms with Crippen molar-refractivity contribution in [2.45, 2.75) is 6.92 Å². The molecule has 0 aromatic heterocycles. The molecule has 0 fully saturated rings. The minimum atomic E-state index is -0.505. The number of hydrogen-bond donors (Lipinski definition) is 0. The number of ketones is 1. The van der Waals surface area contributed by atoms with Crippen LogP contribution in [0.2, 0.25) is 0 Å². The zero-order chi connectivity index (χ0) is 10.0. The molecule has 0 bridgehead atoms. The molecule has 0 radical (unpaired) electrons. The first-order valence-corrected chi connectivity index (χ1v) is 4.26. The fraction of sp³-hybridized carbons (Fsp3) is 0.125. The van der Waals surface area contributed by atoms with Crippen LogP contribution in [0.3, 0.4) is 0 Å². The van der Waals surface area contributed by atoms with Gasteiger partial charge in [0.1, 0.15) is 0 Å². The summed E-state index contributed by atoms with van der Waals surface area (Å²) in [5, 5.41) is 10.3. The van der Waals surface area contributed by atoms with Crippen LogP contribution in [0.15, 0.2) is 22.7 Å². The number of hydrogen-bond acceptors (Lipinski definition) is 3. The third-order valence-electron chi connectivity index (χ3n) is 1.54. The van der Waals surface area contributed by atoms with Gasteiger partial charge in [-0.05, 0) is 28.9 Å². The van der Waals surface area contributed by atoms with E-state index in [1.54, 1.807) is 0 Å². The number of nitrogens with zero attached hydrogens (tertiary/aromatic N) is 1. The van der Waals surface area contributed by atoms with Crippen LogP contribution in [0, 0.1) is 10.1 Å². The Morgan fingerprint density at radius 2 is 2.15 bits per heavy atom. The first-order valence-electron chi connectivity index (χ1n) is 3.47. The molecule has 0 aliphatic heterocycles. The molecular formula is C8H6BrNO3. The fourth-order valence-electron chi connectivity index (χ4n) is 0.903. The summed E-state index contributed by atoms with van der Waals surface area (Å²) in [5.74, 6) is -0.123. The van der Waals surface area contributed by atoms with Crippen molar-refractivity contribution in [1.29, 1.82) is 0 Å². The second kappa shape index (κ2) is 3.66. The van der Waals surface area contributed by atoms with E-state index in [9.17, 15) is 14.9 Å². The predicted molar refractivity (Wildman–Crippen MR) is 50.8 cm³/mol. The lowest BCUT2D eigenvalue weighted by Crippen LogP contribution is -1.95. The molecule has 0 saturated carbocycles. The van der Waals surface area contributed by atoms with E-state index < -0.39 is 4.92 Å². The molecule has 0 N–H and O–H groups in total. The molecule has 0 aliphatic rings. The molecule has 1 aromatic rings. The number of nitro benzene ring substituents is 1. The van der Waals surface area contributed by atoms with Gasteiger partial charge in [0.25, 0.3) is 5.69 Å². The van der Waals surface area contributed by atoms with E-state index in [0.29, 0.717) is 10.0 Å². The number of carbonyl (C=O) groups is 1. The van der Waals surface area contributed by atoms with Gasteiger partial charge in [-0.1, -0.05) is 0 Å². The molecule has 68 valence electrons. The van der Waals surface area contributed by atoms with Gasteiger partial charge in [0.2, 0.25) is 0 Å². The molecule has 0 amide bonds. The summed E-state index contributed by atoms with van der Waals surface area (Å²) in [6.07, 6.45) is 0. The van der Waals surface area contributed by atoms with Crippen LogP contribution in [-0.4, -0.2) is 10.7 Å². The van der Waals surface area contributed by atoms with Crippen LogP contribution in [-0.2, 0) is 0 Å². The molecule has 0 spiro atoms. The number of halogens is 1. The maximum absolute atomic E-state index is 10.9. The zero-order valence-electron chi connectivity index (χ0n) is 6.78. The van der Waals surface area contributed by atoms with Crippen LogP contribution in [0.1, 0.15) is 17.3 Å². The second-order valence-electron chi connectivity index (χ2n) is 2.48. The van der Waals surface area contributed by atoms with E-state index in [4.69, 9.17) is 0 Å². The van der Waals surface area contributed by atoms with Gasteiger partial charge >= 0.3 is 0 Å². The summed E-state index contributed by atoms with van der Waals surface area (Å²) in [6.45, 7) is 1.41. The molecule has 0 saturated heterocycles. The van der Waals surface area contributed by atoms with E-state index >= 15 is 0 Å². The third-order valence-corrected chi connectivity index (χ3v) is 2.20. The Kier molecular flexibility index (Phi) is 2.77. The molecule has 1 aromatic carbocycles. The average Bonchev–Trinajstić information content (AvgIpc) is 2.03. The molecule has 5 heteroatoms. The van der Waals surface area contributed by atoms with Crippen LogP contribution in [0.25, 0.3) is 0 Å². The molecule has 13 heavy (non-hydrogen) atoms. The van der Waals surface area contributed by atoms with E-state index in [2.05, 4.69) is 15.9 Å². The maximum atomic E-state index is 10.9. The van der Waals surface area contributed by atoms with Gasteiger partial charge in [-0.25, -0.2) is 0 Å². The van der Waals surface area contributed by atoms with Gasteiger partial charge in [-0.3, -0.25) is 14.9 Å².